The monoisotopic (exact) mass is 352 g/mol. The molecular formula is C18H20N6O2. The normalized spacial score (nSPS) is 19.7. The van der Waals surface area contributed by atoms with Crippen molar-refractivity contribution in [1.82, 2.24) is 14.8 Å². The standard InChI is InChI=1S/C18H20N6O2/c19-12-13-7-8-14(16(11-13)24(25)26)22-10-4-5-15(22)18-21-20-17-6-2-1-3-9-23(17)18/h7-8,11,15H,1-6,9-10H2/t15-/m1/s1. The number of hydrogen-bond acceptors (Lipinski definition) is 6. The molecule has 1 atom stereocenters. The third kappa shape index (κ3) is 2.79. The highest BCUT2D eigenvalue weighted by atomic mass is 16.6. The Hall–Kier alpha value is -2.95. The molecule has 1 aromatic heterocycles. The van der Waals surface area contributed by atoms with E-state index in [4.69, 9.17) is 5.26 Å². The molecule has 0 N–H and O–H groups in total. The summed E-state index contributed by atoms with van der Waals surface area (Å²) in [5.41, 5.74) is 0.835. The lowest BCUT2D eigenvalue weighted by atomic mass is 10.1. The highest BCUT2D eigenvalue weighted by Crippen LogP contribution is 2.40. The first kappa shape index (κ1) is 16.5. The fourth-order valence-corrected chi connectivity index (χ4v) is 4.06. The van der Waals surface area contributed by atoms with Crippen LogP contribution in [0.1, 0.15) is 55.4 Å². The van der Waals surface area contributed by atoms with Gasteiger partial charge in [0.1, 0.15) is 11.5 Å². The molecule has 8 heteroatoms. The molecule has 0 radical (unpaired) electrons. The number of nitro benzene ring substituents is 1. The van der Waals surface area contributed by atoms with Crippen LogP contribution in [0.4, 0.5) is 11.4 Å². The fourth-order valence-electron chi connectivity index (χ4n) is 4.06. The second-order valence-corrected chi connectivity index (χ2v) is 6.86. The van der Waals surface area contributed by atoms with Gasteiger partial charge in [-0.2, -0.15) is 5.26 Å². The summed E-state index contributed by atoms with van der Waals surface area (Å²) < 4.78 is 2.21. The molecular weight excluding hydrogens is 332 g/mol. The maximum Gasteiger partial charge on any atom is 0.293 e. The molecule has 2 aliphatic heterocycles. The summed E-state index contributed by atoms with van der Waals surface area (Å²) in [6.45, 7) is 1.65. The molecule has 0 bridgehead atoms. The SMILES string of the molecule is N#Cc1ccc(N2CCC[C@@H]2c2nnc3n2CCCCC3)c([N+](=O)[O-])c1. The first-order valence-corrected chi connectivity index (χ1v) is 9.06. The molecule has 26 heavy (non-hydrogen) atoms. The number of nitrogens with zero attached hydrogens (tertiary/aromatic N) is 6. The Bertz CT molecular complexity index is 884. The maximum absolute atomic E-state index is 11.6. The molecule has 3 heterocycles. The lowest BCUT2D eigenvalue weighted by Gasteiger charge is -2.26. The van der Waals surface area contributed by atoms with Gasteiger partial charge in [0.25, 0.3) is 5.69 Å². The van der Waals surface area contributed by atoms with E-state index < -0.39 is 4.92 Å². The summed E-state index contributed by atoms with van der Waals surface area (Å²) in [4.78, 5) is 13.2. The van der Waals surface area contributed by atoms with Crippen molar-refractivity contribution in [2.75, 3.05) is 11.4 Å². The summed E-state index contributed by atoms with van der Waals surface area (Å²) in [5, 5.41) is 29.4. The highest BCUT2D eigenvalue weighted by molar-refractivity contribution is 5.66. The molecule has 1 saturated heterocycles. The Morgan fingerprint density at radius 2 is 2.08 bits per heavy atom. The Morgan fingerprint density at radius 3 is 2.88 bits per heavy atom. The van der Waals surface area contributed by atoms with Gasteiger partial charge in [-0.1, -0.05) is 6.42 Å². The number of anilines is 1. The first-order chi connectivity index (χ1) is 12.7. The van der Waals surface area contributed by atoms with Gasteiger partial charge < -0.3 is 9.47 Å². The van der Waals surface area contributed by atoms with Crippen LogP contribution >= 0.6 is 0 Å². The van der Waals surface area contributed by atoms with Gasteiger partial charge in [0.15, 0.2) is 5.82 Å². The van der Waals surface area contributed by atoms with E-state index in [9.17, 15) is 10.1 Å². The van der Waals surface area contributed by atoms with Crippen LogP contribution in [-0.2, 0) is 13.0 Å². The van der Waals surface area contributed by atoms with Gasteiger partial charge >= 0.3 is 0 Å². The minimum atomic E-state index is -0.407. The summed E-state index contributed by atoms with van der Waals surface area (Å²) in [6.07, 6.45) is 6.23. The number of rotatable bonds is 3. The van der Waals surface area contributed by atoms with Crippen LogP contribution in [-0.4, -0.2) is 26.2 Å². The Labute approximate surface area is 151 Å². The molecule has 8 nitrogen and oxygen atoms in total. The van der Waals surface area contributed by atoms with Crippen LogP contribution in [0.15, 0.2) is 18.2 Å². The summed E-state index contributed by atoms with van der Waals surface area (Å²) in [5.74, 6) is 1.94. The van der Waals surface area contributed by atoms with Crippen LogP contribution in [0, 0.1) is 21.4 Å². The molecule has 1 aromatic carbocycles. The van der Waals surface area contributed by atoms with Crippen molar-refractivity contribution in [2.45, 2.75) is 51.1 Å². The second kappa shape index (κ2) is 6.75. The average molecular weight is 352 g/mol. The second-order valence-electron chi connectivity index (χ2n) is 6.86. The Morgan fingerprint density at radius 1 is 1.19 bits per heavy atom. The van der Waals surface area contributed by atoms with E-state index in [0.717, 1.165) is 56.8 Å². The van der Waals surface area contributed by atoms with Gasteiger partial charge in [0, 0.05) is 25.6 Å². The van der Waals surface area contributed by atoms with Crippen molar-refractivity contribution in [1.29, 1.82) is 5.26 Å². The fraction of sp³-hybridized carbons (Fsp3) is 0.500. The zero-order valence-corrected chi connectivity index (χ0v) is 14.5. The number of nitriles is 1. The number of benzene rings is 1. The predicted octanol–water partition coefficient (Wildman–Crippen LogP) is 3.13. The van der Waals surface area contributed by atoms with E-state index in [2.05, 4.69) is 19.7 Å². The van der Waals surface area contributed by atoms with Crippen molar-refractivity contribution in [3.8, 4) is 6.07 Å². The third-order valence-corrected chi connectivity index (χ3v) is 5.30. The molecule has 1 fully saturated rings. The van der Waals surface area contributed by atoms with Crippen LogP contribution < -0.4 is 4.90 Å². The minimum absolute atomic E-state index is 0.0130. The number of aryl methyl sites for hydroxylation is 1. The Kier molecular flexibility index (Phi) is 4.29. The number of fused-ring (bicyclic) bond motifs is 1. The van der Waals surface area contributed by atoms with E-state index in [-0.39, 0.29) is 11.7 Å². The van der Waals surface area contributed by atoms with E-state index in [1.165, 1.54) is 12.5 Å². The summed E-state index contributed by atoms with van der Waals surface area (Å²) in [7, 11) is 0. The lowest BCUT2D eigenvalue weighted by Crippen LogP contribution is -2.26. The molecule has 4 rings (SSSR count). The zero-order valence-electron chi connectivity index (χ0n) is 14.5. The van der Waals surface area contributed by atoms with Crippen molar-refractivity contribution in [3.63, 3.8) is 0 Å². The van der Waals surface area contributed by atoms with Crippen LogP contribution in [0.2, 0.25) is 0 Å². The van der Waals surface area contributed by atoms with Gasteiger partial charge in [-0.05, 0) is 37.8 Å². The number of aromatic nitrogens is 3. The van der Waals surface area contributed by atoms with E-state index in [1.54, 1.807) is 12.1 Å². The molecule has 0 spiro atoms. The van der Waals surface area contributed by atoms with Crippen LogP contribution in [0.25, 0.3) is 0 Å². The zero-order chi connectivity index (χ0) is 18.1. The number of nitro groups is 1. The minimum Gasteiger partial charge on any atom is -0.356 e. The molecule has 134 valence electrons. The Balaban J connectivity index is 1.74. The van der Waals surface area contributed by atoms with Gasteiger partial charge in [-0.25, -0.2) is 0 Å². The predicted molar refractivity (Wildman–Crippen MR) is 94.7 cm³/mol. The molecule has 2 aromatic rings. The summed E-state index contributed by atoms with van der Waals surface area (Å²) >= 11 is 0. The van der Waals surface area contributed by atoms with Crippen molar-refractivity contribution >= 4 is 11.4 Å². The lowest BCUT2D eigenvalue weighted by molar-refractivity contribution is -0.384. The molecule has 0 aliphatic carbocycles. The van der Waals surface area contributed by atoms with Gasteiger partial charge in [-0.3, -0.25) is 10.1 Å². The van der Waals surface area contributed by atoms with Crippen LogP contribution in [0.5, 0.6) is 0 Å². The molecule has 0 saturated carbocycles. The maximum atomic E-state index is 11.6. The molecule has 0 unspecified atom stereocenters. The van der Waals surface area contributed by atoms with Gasteiger partial charge in [-0.15, -0.1) is 10.2 Å². The van der Waals surface area contributed by atoms with Crippen molar-refractivity contribution in [3.05, 3.63) is 45.5 Å². The van der Waals surface area contributed by atoms with Gasteiger partial charge in [0.05, 0.1) is 22.6 Å². The molecule has 2 aliphatic rings. The van der Waals surface area contributed by atoms with Crippen LogP contribution in [0.3, 0.4) is 0 Å². The highest BCUT2D eigenvalue weighted by Gasteiger charge is 2.34. The average Bonchev–Trinajstić information content (AvgIpc) is 3.21. The number of hydrogen-bond donors (Lipinski definition) is 0. The smallest absolute Gasteiger partial charge is 0.293 e. The third-order valence-electron chi connectivity index (χ3n) is 5.30. The van der Waals surface area contributed by atoms with E-state index in [1.807, 2.05) is 6.07 Å². The first-order valence-electron chi connectivity index (χ1n) is 9.06. The quantitative estimate of drug-likeness (QED) is 0.621. The largest absolute Gasteiger partial charge is 0.356 e. The topological polar surface area (TPSA) is 101 Å². The van der Waals surface area contributed by atoms with Gasteiger partial charge in [0.2, 0.25) is 0 Å². The van der Waals surface area contributed by atoms with Crippen molar-refractivity contribution in [2.24, 2.45) is 0 Å². The van der Waals surface area contributed by atoms with Crippen molar-refractivity contribution < 1.29 is 4.92 Å². The van der Waals surface area contributed by atoms with E-state index in [0.29, 0.717) is 11.3 Å². The summed E-state index contributed by atoms with van der Waals surface area (Å²) in [6, 6.07) is 6.65. The van der Waals surface area contributed by atoms with E-state index >= 15 is 0 Å². The molecule has 0 amide bonds.